The highest BCUT2D eigenvalue weighted by atomic mass is 16.7. The first-order valence-corrected chi connectivity index (χ1v) is 12.9. The second-order valence-corrected chi connectivity index (χ2v) is 10.1. The molecule has 3 fully saturated rings. The average Bonchev–Trinajstić information content (AvgIpc) is 2.90. The number of aliphatic hydroxyl groups is 8. The Balaban J connectivity index is 1.85. The average molecular weight is 585 g/mol. The quantitative estimate of drug-likeness (QED) is 0.121. The van der Waals surface area contributed by atoms with Gasteiger partial charge in [0.05, 0.1) is 32.0 Å². The molecule has 17 heteroatoms. The Morgan fingerprint density at radius 1 is 0.625 bits per heavy atom. The molecule has 0 aromatic rings. The second-order valence-electron chi connectivity index (χ2n) is 10.1. The third-order valence-electron chi connectivity index (χ3n) is 7.17. The molecule has 3 rings (SSSR count). The fourth-order valence-electron chi connectivity index (χ4n) is 5.12. The van der Waals surface area contributed by atoms with Gasteiger partial charge in [0.25, 0.3) is 0 Å². The highest BCUT2D eigenvalue weighted by Crippen LogP contribution is 2.32. The maximum absolute atomic E-state index is 12.0. The Bertz CT molecular complexity index is 851. The van der Waals surface area contributed by atoms with Crippen LogP contribution in [0.1, 0.15) is 20.8 Å². The van der Waals surface area contributed by atoms with Gasteiger partial charge in [-0.1, -0.05) is 0 Å². The molecule has 40 heavy (non-hydrogen) atoms. The van der Waals surface area contributed by atoms with Gasteiger partial charge in [0.15, 0.2) is 12.6 Å². The number of hydrogen-bond donors (Lipinski definition) is 10. The summed E-state index contributed by atoms with van der Waals surface area (Å²) in [5.74, 6) is -1.10. The number of hydrogen-bond acceptors (Lipinski definition) is 15. The molecule has 0 bridgehead atoms. The Hall–Kier alpha value is -1.58. The van der Waals surface area contributed by atoms with E-state index in [-0.39, 0.29) is 0 Å². The van der Waals surface area contributed by atoms with Crippen molar-refractivity contribution in [2.45, 2.75) is 113 Å². The van der Waals surface area contributed by atoms with Crippen molar-refractivity contribution in [3.05, 3.63) is 0 Å². The Morgan fingerprint density at radius 3 is 1.60 bits per heavy atom. The van der Waals surface area contributed by atoms with Crippen molar-refractivity contribution in [2.24, 2.45) is 0 Å². The Labute approximate surface area is 229 Å². The lowest BCUT2D eigenvalue weighted by atomic mass is 9.92. The summed E-state index contributed by atoms with van der Waals surface area (Å²) in [6.07, 6.45) is -19.1. The maximum Gasteiger partial charge on any atom is 0.217 e. The van der Waals surface area contributed by atoms with E-state index in [0.29, 0.717) is 0 Å². The van der Waals surface area contributed by atoms with Crippen molar-refractivity contribution < 1.29 is 74.1 Å². The molecule has 2 amide bonds. The molecule has 3 heterocycles. The van der Waals surface area contributed by atoms with Gasteiger partial charge in [-0.3, -0.25) is 9.59 Å². The number of ether oxygens (including phenoxy) is 5. The van der Waals surface area contributed by atoms with E-state index in [1.54, 1.807) is 6.92 Å². The van der Waals surface area contributed by atoms with Crippen LogP contribution in [0.3, 0.4) is 0 Å². The van der Waals surface area contributed by atoms with Gasteiger partial charge in [-0.2, -0.15) is 0 Å². The van der Waals surface area contributed by atoms with Crippen molar-refractivity contribution in [1.29, 1.82) is 0 Å². The number of carbonyl (C=O) groups excluding carboxylic acids is 2. The van der Waals surface area contributed by atoms with Crippen LogP contribution in [0.2, 0.25) is 0 Å². The Morgan fingerprint density at radius 2 is 1.07 bits per heavy atom. The molecule has 0 aromatic carbocycles. The fraction of sp³-hybridized carbons (Fsp3) is 0.913. The third kappa shape index (κ3) is 7.06. The predicted octanol–water partition coefficient (Wildman–Crippen LogP) is -6.22. The number of amides is 2. The van der Waals surface area contributed by atoms with Gasteiger partial charge in [-0.05, 0) is 6.92 Å². The van der Waals surface area contributed by atoms with Crippen molar-refractivity contribution in [1.82, 2.24) is 10.6 Å². The van der Waals surface area contributed by atoms with Crippen LogP contribution in [-0.4, -0.2) is 164 Å². The molecule has 10 N–H and O–H groups in total. The molecule has 0 saturated carbocycles. The summed E-state index contributed by atoms with van der Waals surface area (Å²) in [4.78, 5) is 23.7. The van der Waals surface area contributed by atoms with Crippen LogP contribution in [0.15, 0.2) is 0 Å². The minimum Gasteiger partial charge on any atom is -0.394 e. The Kier molecular flexibility index (Phi) is 11.6. The highest BCUT2D eigenvalue weighted by Gasteiger charge is 2.53. The molecule has 0 spiro atoms. The van der Waals surface area contributed by atoms with Crippen LogP contribution in [0.5, 0.6) is 0 Å². The first kappa shape index (κ1) is 32.9. The van der Waals surface area contributed by atoms with Gasteiger partial charge in [-0.25, -0.2) is 0 Å². The first-order chi connectivity index (χ1) is 18.8. The van der Waals surface area contributed by atoms with Gasteiger partial charge in [0.1, 0.15) is 67.1 Å². The topological polar surface area (TPSA) is 266 Å². The summed E-state index contributed by atoms with van der Waals surface area (Å²) in [7, 11) is 0. The zero-order chi connectivity index (χ0) is 29.9. The van der Waals surface area contributed by atoms with E-state index in [0.717, 1.165) is 6.92 Å². The van der Waals surface area contributed by atoms with Crippen LogP contribution >= 0.6 is 0 Å². The molecule has 232 valence electrons. The van der Waals surface area contributed by atoms with E-state index in [2.05, 4.69) is 10.6 Å². The van der Waals surface area contributed by atoms with Crippen LogP contribution in [0, 0.1) is 0 Å². The summed E-state index contributed by atoms with van der Waals surface area (Å²) < 4.78 is 28.4. The molecule has 3 saturated heterocycles. The zero-order valence-corrected chi connectivity index (χ0v) is 22.2. The van der Waals surface area contributed by atoms with Crippen molar-refractivity contribution in [3.8, 4) is 0 Å². The van der Waals surface area contributed by atoms with Gasteiger partial charge in [0.2, 0.25) is 11.8 Å². The van der Waals surface area contributed by atoms with E-state index in [1.807, 2.05) is 0 Å². The van der Waals surface area contributed by atoms with E-state index in [9.17, 15) is 50.4 Å². The lowest BCUT2D eigenvalue weighted by Crippen LogP contribution is -2.70. The van der Waals surface area contributed by atoms with Gasteiger partial charge in [0, 0.05) is 13.8 Å². The molecule has 15 atom stereocenters. The fourth-order valence-corrected chi connectivity index (χ4v) is 5.12. The van der Waals surface area contributed by atoms with Crippen molar-refractivity contribution in [3.63, 3.8) is 0 Å². The molecule has 0 aromatic heterocycles. The molecule has 3 aliphatic rings. The van der Waals surface area contributed by atoms with Crippen LogP contribution < -0.4 is 10.6 Å². The molecule has 0 radical (unpaired) electrons. The smallest absolute Gasteiger partial charge is 0.217 e. The number of nitrogens with one attached hydrogen (secondary N) is 2. The van der Waals surface area contributed by atoms with Gasteiger partial charge in [-0.15, -0.1) is 0 Å². The summed E-state index contributed by atoms with van der Waals surface area (Å²) >= 11 is 0. The van der Waals surface area contributed by atoms with Crippen LogP contribution in [0.25, 0.3) is 0 Å². The minimum absolute atomic E-state index is 0.463. The molecular weight excluding hydrogens is 544 g/mol. The van der Waals surface area contributed by atoms with E-state index in [4.69, 9.17) is 23.7 Å². The van der Waals surface area contributed by atoms with E-state index in [1.165, 1.54) is 6.92 Å². The van der Waals surface area contributed by atoms with Gasteiger partial charge < -0.3 is 75.2 Å². The molecule has 6 unspecified atom stereocenters. The lowest BCUT2D eigenvalue weighted by molar-refractivity contribution is -0.357. The van der Waals surface area contributed by atoms with Gasteiger partial charge >= 0.3 is 0 Å². The third-order valence-corrected chi connectivity index (χ3v) is 7.17. The summed E-state index contributed by atoms with van der Waals surface area (Å²) in [5.41, 5.74) is 0. The summed E-state index contributed by atoms with van der Waals surface area (Å²) in [5, 5.41) is 87.0. The minimum atomic E-state index is -1.83. The highest BCUT2D eigenvalue weighted by molar-refractivity contribution is 5.73. The predicted molar refractivity (Wildman–Crippen MR) is 128 cm³/mol. The molecular formula is C23H40N2O15. The lowest BCUT2D eigenvalue weighted by Gasteiger charge is -2.49. The largest absolute Gasteiger partial charge is 0.394 e. The summed E-state index contributed by atoms with van der Waals surface area (Å²) in [6, 6.07) is -2.37. The maximum atomic E-state index is 12.0. The SMILES string of the molecule is CC(=O)NC1[C@H](O[C@@H]2C(CO)O[C@@H](C)C(NC(C)=O)[C@H]2O)OC(CO)[C@@H](O[C@@H]2OC(CO)[C@@H](O)[C@H](O)C2O)[C@@H]1O. The molecule has 3 aliphatic heterocycles. The number of rotatable bonds is 9. The second kappa shape index (κ2) is 14.1. The molecule has 0 aliphatic carbocycles. The summed E-state index contributed by atoms with van der Waals surface area (Å²) in [6.45, 7) is 1.82. The van der Waals surface area contributed by atoms with E-state index >= 15 is 0 Å². The normalized spacial score (nSPS) is 46.0. The van der Waals surface area contributed by atoms with Crippen molar-refractivity contribution >= 4 is 11.8 Å². The van der Waals surface area contributed by atoms with Crippen LogP contribution in [-0.2, 0) is 33.3 Å². The van der Waals surface area contributed by atoms with E-state index < -0.39 is 123 Å². The zero-order valence-electron chi connectivity index (χ0n) is 22.2. The monoisotopic (exact) mass is 584 g/mol. The van der Waals surface area contributed by atoms with Crippen LogP contribution in [0.4, 0.5) is 0 Å². The van der Waals surface area contributed by atoms with Crippen molar-refractivity contribution in [2.75, 3.05) is 19.8 Å². The molecule has 17 nitrogen and oxygen atoms in total. The number of aliphatic hydroxyl groups excluding tert-OH is 8. The first-order valence-electron chi connectivity index (χ1n) is 12.9. The number of carbonyl (C=O) groups is 2. The standard InChI is InChI=1S/C23H40N2O15/c1-7-13(24-8(2)29)16(32)20(11(5-27)36-7)39-22-14(25-9(3)30)17(33)21(12(6-28)38-22)40-23-19(35)18(34)15(31)10(4-26)37-23/h7,10-23,26-28,31-35H,4-6H2,1-3H3,(H,24,29)(H,25,30)/t7-,10?,11?,12?,13?,14?,15+,16+,17+,18-,19?,20+,21+,22-,23-/m0/s1.